The second-order valence-corrected chi connectivity index (χ2v) is 9.39. The Morgan fingerprint density at radius 1 is 1.16 bits per heavy atom. The molecular weight excluding hydrogens is 499 g/mol. The highest BCUT2D eigenvalue weighted by molar-refractivity contribution is 6.30. The molecule has 0 radical (unpaired) electrons. The molecule has 0 bridgehead atoms. The molecule has 1 saturated heterocycles. The van der Waals surface area contributed by atoms with E-state index in [4.69, 9.17) is 16.3 Å². The molecule has 9 nitrogen and oxygen atoms in total. The molecule has 192 valence electrons. The molecule has 0 atom stereocenters. The van der Waals surface area contributed by atoms with Gasteiger partial charge in [-0.05, 0) is 30.3 Å². The van der Waals surface area contributed by atoms with Crippen LogP contribution in [0.1, 0.15) is 6.42 Å². The number of nitrogens with one attached hydrogen (secondary N) is 1. The number of likely N-dealkylation sites (N-methyl/N-ethyl adjacent to an activating group) is 1. The largest absolute Gasteiger partial charge is 0.488 e. The molecule has 5 rings (SSSR count). The van der Waals surface area contributed by atoms with Crippen molar-refractivity contribution in [2.45, 2.75) is 6.42 Å². The molecule has 2 amide bonds. The Hall–Kier alpha value is -3.76. The maximum Gasteiger partial charge on any atom is 0.236 e. The van der Waals surface area contributed by atoms with Gasteiger partial charge in [0.15, 0.2) is 5.75 Å². The Kier molecular flexibility index (Phi) is 7.20. The highest BCUT2D eigenvalue weighted by Gasteiger charge is 2.23. The first-order valence-electron chi connectivity index (χ1n) is 12.0. The van der Waals surface area contributed by atoms with Crippen molar-refractivity contribution in [1.82, 2.24) is 19.8 Å². The number of rotatable bonds is 6. The Bertz CT molecular complexity index is 1340. The van der Waals surface area contributed by atoms with Crippen LogP contribution in [0.4, 0.5) is 21.6 Å². The number of piperazine rings is 1. The van der Waals surface area contributed by atoms with Crippen molar-refractivity contribution in [3.8, 4) is 17.0 Å². The molecule has 1 fully saturated rings. The van der Waals surface area contributed by atoms with E-state index in [-0.39, 0.29) is 18.2 Å². The van der Waals surface area contributed by atoms with Crippen LogP contribution in [0.25, 0.3) is 11.3 Å². The van der Waals surface area contributed by atoms with Crippen LogP contribution in [0.15, 0.2) is 48.8 Å². The summed E-state index contributed by atoms with van der Waals surface area (Å²) < 4.78 is 20.3. The fourth-order valence-corrected chi connectivity index (χ4v) is 4.52. The third-order valence-corrected chi connectivity index (χ3v) is 6.66. The van der Waals surface area contributed by atoms with Gasteiger partial charge in [0.05, 0.1) is 30.7 Å². The lowest BCUT2D eigenvalue weighted by Gasteiger charge is -2.32. The van der Waals surface area contributed by atoms with Crippen LogP contribution in [0.3, 0.4) is 0 Å². The van der Waals surface area contributed by atoms with Gasteiger partial charge < -0.3 is 19.9 Å². The second kappa shape index (κ2) is 10.7. The van der Waals surface area contributed by atoms with Gasteiger partial charge in [0.2, 0.25) is 11.8 Å². The van der Waals surface area contributed by atoms with Crippen molar-refractivity contribution in [2.24, 2.45) is 0 Å². The Morgan fingerprint density at radius 3 is 2.86 bits per heavy atom. The van der Waals surface area contributed by atoms with Crippen LogP contribution in [-0.4, -0.2) is 78.0 Å². The van der Waals surface area contributed by atoms with E-state index in [9.17, 15) is 14.0 Å². The van der Waals surface area contributed by atoms with Crippen molar-refractivity contribution >= 4 is 40.6 Å². The predicted molar refractivity (Wildman–Crippen MR) is 139 cm³/mol. The van der Waals surface area contributed by atoms with Crippen LogP contribution >= 0.6 is 11.6 Å². The van der Waals surface area contributed by atoms with Crippen LogP contribution in [-0.2, 0) is 9.59 Å². The number of hydrogen-bond acceptors (Lipinski definition) is 7. The maximum absolute atomic E-state index is 14.5. The molecule has 37 heavy (non-hydrogen) atoms. The molecule has 1 N–H and O–H groups in total. The monoisotopic (exact) mass is 524 g/mol. The zero-order valence-electron chi connectivity index (χ0n) is 20.3. The van der Waals surface area contributed by atoms with Crippen molar-refractivity contribution in [3.63, 3.8) is 0 Å². The fourth-order valence-electron chi connectivity index (χ4n) is 4.35. The zero-order chi connectivity index (χ0) is 25.9. The van der Waals surface area contributed by atoms with Crippen molar-refractivity contribution in [1.29, 1.82) is 0 Å². The number of fused-ring (bicyclic) bond motifs is 1. The molecule has 1 aromatic carbocycles. The van der Waals surface area contributed by atoms with Crippen LogP contribution < -0.4 is 15.0 Å². The fraction of sp³-hybridized carbons (Fsp3) is 0.308. The van der Waals surface area contributed by atoms with Gasteiger partial charge in [-0.1, -0.05) is 11.6 Å². The van der Waals surface area contributed by atoms with E-state index in [0.717, 1.165) is 17.9 Å². The number of carbonyl (C=O) groups excluding carboxylic acids is 2. The standard InChI is InChI=1S/C26H26ClFN6O3/c1-32-8-9-33(16-26(32)36)7-5-25(35)31-24-13-18(4-6-29-24)34-10-11-37-23-15-30-21(14-22(23)34)19-12-17(27)2-3-20(19)28/h2-4,6,12-15H,5,7-11,16H2,1H3,(H,29,31,35). The number of hydrogen-bond donors (Lipinski definition) is 1. The van der Waals surface area contributed by atoms with Crippen molar-refractivity contribution in [2.75, 3.05) is 56.6 Å². The summed E-state index contributed by atoms with van der Waals surface area (Å²) in [5, 5.41) is 3.26. The van der Waals surface area contributed by atoms with E-state index in [1.807, 2.05) is 15.9 Å². The first-order chi connectivity index (χ1) is 17.9. The lowest BCUT2D eigenvalue weighted by Crippen LogP contribution is -2.49. The molecule has 11 heteroatoms. The van der Waals surface area contributed by atoms with Gasteiger partial charge in [-0.3, -0.25) is 19.5 Å². The predicted octanol–water partition coefficient (Wildman–Crippen LogP) is 3.57. The molecule has 0 unspecified atom stereocenters. The molecule has 4 heterocycles. The molecule has 2 aliphatic rings. The number of aromatic nitrogens is 2. The summed E-state index contributed by atoms with van der Waals surface area (Å²) >= 11 is 6.08. The first kappa shape index (κ1) is 24.9. The summed E-state index contributed by atoms with van der Waals surface area (Å²) in [4.78, 5) is 38.8. The van der Waals surface area contributed by atoms with Gasteiger partial charge in [0.1, 0.15) is 18.2 Å². The Labute approximate surface area is 218 Å². The number of ether oxygens (including phenoxy) is 1. The third kappa shape index (κ3) is 5.65. The number of anilines is 3. The van der Waals surface area contributed by atoms with Crippen LogP contribution in [0.5, 0.6) is 5.75 Å². The minimum atomic E-state index is -0.421. The van der Waals surface area contributed by atoms with Gasteiger partial charge in [0, 0.05) is 61.6 Å². The molecule has 2 aromatic heterocycles. The van der Waals surface area contributed by atoms with Gasteiger partial charge in [-0.15, -0.1) is 0 Å². The zero-order valence-corrected chi connectivity index (χ0v) is 21.0. The van der Waals surface area contributed by atoms with E-state index < -0.39 is 5.82 Å². The molecule has 0 spiro atoms. The first-order valence-corrected chi connectivity index (χ1v) is 12.3. The lowest BCUT2D eigenvalue weighted by atomic mass is 10.1. The quantitative estimate of drug-likeness (QED) is 0.527. The summed E-state index contributed by atoms with van der Waals surface area (Å²) in [5.41, 5.74) is 2.24. The highest BCUT2D eigenvalue weighted by atomic mass is 35.5. The van der Waals surface area contributed by atoms with Crippen molar-refractivity contribution in [3.05, 3.63) is 59.6 Å². The van der Waals surface area contributed by atoms with E-state index in [0.29, 0.717) is 60.6 Å². The lowest BCUT2D eigenvalue weighted by molar-refractivity contribution is -0.134. The minimum Gasteiger partial charge on any atom is -0.488 e. The summed E-state index contributed by atoms with van der Waals surface area (Å²) in [7, 11) is 1.78. The van der Waals surface area contributed by atoms with Crippen LogP contribution in [0, 0.1) is 5.82 Å². The van der Waals surface area contributed by atoms with E-state index in [2.05, 4.69) is 15.3 Å². The number of amides is 2. The third-order valence-electron chi connectivity index (χ3n) is 6.43. The summed E-state index contributed by atoms with van der Waals surface area (Å²) in [6, 6.07) is 9.72. The average Bonchev–Trinajstić information content (AvgIpc) is 2.90. The Morgan fingerprint density at radius 2 is 2.03 bits per heavy atom. The van der Waals surface area contributed by atoms with Gasteiger partial charge in [0.25, 0.3) is 0 Å². The van der Waals surface area contributed by atoms with Gasteiger partial charge >= 0.3 is 0 Å². The van der Waals surface area contributed by atoms with E-state index in [1.54, 1.807) is 36.5 Å². The molecule has 0 aliphatic carbocycles. The van der Waals surface area contributed by atoms with E-state index in [1.165, 1.54) is 18.2 Å². The van der Waals surface area contributed by atoms with Gasteiger partial charge in [-0.25, -0.2) is 9.37 Å². The highest BCUT2D eigenvalue weighted by Crippen LogP contribution is 2.39. The SMILES string of the molecule is CN1CCN(CCC(=O)Nc2cc(N3CCOc4cnc(-c5cc(Cl)ccc5F)cc43)ccn2)CC1=O. The number of nitrogens with zero attached hydrogens (tertiary/aromatic N) is 5. The number of benzene rings is 1. The average molecular weight is 525 g/mol. The topological polar surface area (TPSA) is 90.9 Å². The molecule has 0 saturated carbocycles. The summed E-state index contributed by atoms with van der Waals surface area (Å²) in [6.07, 6.45) is 3.45. The number of pyridine rings is 2. The smallest absolute Gasteiger partial charge is 0.236 e. The normalized spacial score (nSPS) is 15.8. The molecule has 3 aromatic rings. The maximum atomic E-state index is 14.5. The minimum absolute atomic E-state index is 0.0586. The van der Waals surface area contributed by atoms with E-state index >= 15 is 0 Å². The number of halogens is 2. The molecule has 2 aliphatic heterocycles. The summed E-state index contributed by atoms with van der Waals surface area (Å²) in [6.45, 7) is 3.21. The molecular formula is C26H26ClFN6O3. The summed E-state index contributed by atoms with van der Waals surface area (Å²) in [5.74, 6) is 0.446. The number of carbonyl (C=O) groups is 2. The Balaban J connectivity index is 1.31. The second-order valence-electron chi connectivity index (χ2n) is 8.95. The van der Waals surface area contributed by atoms with Gasteiger partial charge in [-0.2, -0.15) is 0 Å². The van der Waals surface area contributed by atoms with Crippen LogP contribution in [0.2, 0.25) is 5.02 Å². The van der Waals surface area contributed by atoms with Crippen molar-refractivity contribution < 1.29 is 18.7 Å².